The van der Waals surface area contributed by atoms with Crippen molar-refractivity contribution >= 4 is 27.5 Å². The van der Waals surface area contributed by atoms with Crippen LogP contribution in [0.1, 0.15) is 30.4 Å². The van der Waals surface area contributed by atoms with Gasteiger partial charge in [-0.25, -0.2) is 4.39 Å². The van der Waals surface area contributed by atoms with Crippen LogP contribution in [0.4, 0.5) is 10.1 Å². The summed E-state index contributed by atoms with van der Waals surface area (Å²) >= 11 is 3.18. The van der Waals surface area contributed by atoms with E-state index in [1.54, 1.807) is 18.2 Å². The highest BCUT2D eigenvalue weighted by Gasteiger charge is 2.14. The lowest BCUT2D eigenvalue weighted by molar-refractivity contribution is 0.101. The van der Waals surface area contributed by atoms with Crippen LogP contribution in [0, 0.1) is 5.82 Å². The molecule has 3 nitrogen and oxygen atoms in total. The molecule has 0 saturated heterocycles. The first-order valence-corrected chi connectivity index (χ1v) is 6.71. The van der Waals surface area contributed by atoms with Crippen LogP contribution in [0.3, 0.4) is 0 Å². The van der Waals surface area contributed by atoms with Gasteiger partial charge in [-0.3, -0.25) is 4.79 Å². The van der Waals surface area contributed by atoms with E-state index in [-0.39, 0.29) is 17.6 Å². The number of benzene rings is 1. The van der Waals surface area contributed by atoms with Gasteiger partial charge in [-0.15, -0.1) is 0 Å². The van der Waals surface area contributed by atoms with Gasteiger partial charge in [0.2, 0.25) is 0 Å². The van der Waals surface area contributed by atoms with Crippen molar-refractivity contribution in [3.63, 3.8) is 0 Å². The quantitative estimate of drug-likeness (QED) is 0.901. The van der Waals surface area contributed by atoms with Gasteiger partial charge in [0.25, 0.3) is 5.91 Å². The zero-order valence-electron chi connectivity index (χ0n) is 10.7. The Morgan fingerprint density at radius 2 is 2.11 bits per heavy atom. The van der Waals surface area contributed by atoms with Gasteiger partial charge in [-0.05, 0) is 44.2 Å². The summed E-state index contributed by atoms with van der Waals surface area (Å²) in [5.74, 6) is -0.787. The first-order valence-electron chi connectivity index (χ1n) is 5.92. The van der Waals surface area contributed by atoms with Crippen LogP contribution >= 0.6 is 15.9 Å². The van der Waals surface area contributed by atoms with Gasteiger partial charge < -0.3 is 9.88 Å². The summed E-state index contributed by atoms with van der Waals surface area (Å²) in [4.78, 5) is 12.1. The highest BCUT2D eigenvalue weighted by Crippen LogP contribution is 2.20. The molecule has 1 amide bonds. The van der Waals surface area contributed by atoms with Crippen molar-refractivity contribution in [2.75, 3.05) is 5.32 Å². The highest BCUT2D eigenvalue weighted by atomic mass is 79.9. The standard InChI is InChI=1S/C14H14BrFN2O/c1-9(2)18-7-3-4-13(18)14(19)17-12-6-5-10(15)8-11(12)16/h3-9H,1-2H3,(H,17,19). The number of halogens is 2. The van der Waals surface area contributed by atoms with E-state index < -0.39 is 5.82 Å². The van der Waals surface area contributed by atoms with Gasteiger partial charge in [0.1, 0.15) is 11.5 Å². The van der Waals surface area contributed by atoms with Crippen LogP contribution in [0.2, 0.25) is 0 Å². The molecule has 0 aliphatic heterocycles. The number of nitrogens with one attached hydrogen (secondary N) is 1. The molecule has 1 heterocycles. The number of hydrogen-bond acceptors (Lipinski definition) is 1. The molecular formula is C14H14BrFN2O. The molecule has 2 aromatic rings. The predicted molar refractivity (Wildman–Crippen MR) is 76.9 cm³/mol. The van der Waals surface area contributed by atoms with Gasteiger partial charge in [-0.1, -0.05) is 15.9 Å². The van der Waals surface area contributed by atoms with Gasteiger partial charge in [-0.2, -0.15) is 0 Å². The number of carbonyl (C=O) groups excluding carboxylic acids is 1. The molecule has 0 bridgehead atoms. The smallest absolute Gasteiger partial charge is 0.272 e. The predicted octanol–water partition coefficient (Wildman–Crippen LogP) is 4.22. The lowest BCUT2D eigenvalue weighted by Gasteiger charge is -2.13. The van der Waals surface area contributed by atoms with E-state index in [1.165, 1.54) is 12.1 Å². The van der Waals surface area contributed by atoms with E-state index in [9.17, 15) is 9.18 Å². The van der Waals surface area contributed by atoms with Crippen LogP contribution in [-0.4, -0.2) is 10.5 Å². The zero-order valence-corrected chi connectivity index (χ0v) is 12.2. The van der Waals surface area contributed by atoms with Gasteiger partial charge in [0.15, 0.2) is 0 Å². The largest absolute Gasteiger partial charge is 0.341 e. The second kappa shape index (κ2) is 5.57. The highest BCUT2D eigenvalue weighted by molar-refractivity contribution is 9.10. The monoisotopic (exact) mass is 324 g/mol. The summed E-state index contributed by atoms with van der Waals surface area (Å²) in [5.41, 5.74) is 0.682. The Morgan fingerprint density at radius 1 is 1.37 bits per heavy atom. The van der Waals surface area contributed by atoms with Crippen molar-refractivity contribution in [1.29, 1.82) is 0 Å². The minimum absolute atomic E-state index is 0.171. The van der Waals surface area contributed by atoms with Crippen molar-refractivity contribution in [2.45, 2.75) is 19.9 Å². The summed E-state index contributed by atoms with van der Waals surface area (Å²) < 4.78 is 16.1. The van der Waals surface area contributed by atoms with Crippen LogP contribution in [0.5, 0.6) is 0 Å². The SMILES string of the molecule is CC(C)n1cccc1C(=O)Nc1ccc(Br)cc1F. The van der Waals surface area contributed by atoms with E-state index in [0.29, 0.717) is 10.2 Å². The molecule has 5 heteroatoms. The minimum atomic E-state index is -0.467. The molecular weight excluding hydrogens is 311 g/mol. The van der Waals surface area contributed by atoms with E-state index in [1.807, 2.05) is 24.6 Å². The van der Waals surface area contributed by atoms with Crippen molar-refractivity contribution in [3.8, 4) is 0 Å². The first kappa shape index (κ1) is 13.8. The number of anilines is 1. The maximum atomic E-state index is 13.7. The van der Waals surface area contributed by atoms with Gasteiger partial charge in [0.05, 0.1) is 5.69 Å². The molecule has 0 aliphatic carbocycles. The number of hydrogen-bond donors (Lipinski definition) is 1. The number of carbonyl (C=O) groups is 1. The summed E-state index contributed by atoms with van der Waals surface area (Å²) in [6, 6.07) is 8.21. The maximum absolute atomic E-state index is 13.7. The number of rotatable bonds is 3. The van der Waals surface area contributed by atoms with Gasteiger partial charge in [0, 0.05) is 16.7 Å². The maximum Gasteiger partial charge on any atom is 0.272 e. The molecule has 0 unspecified atom stereocenters. The van der Waals surface area contributed by atoms with Crippen LogP contribution in [0.25, 0.3) is 0 Å². The summed E-state index contributed by atoms with van der Waals surface area (Å²) in [6.45, 7) is 3.97. The van der Waals surface area contributed by atoms with Crippen LogP contribution in [-0.2, 0) is 0 Å². The molecule has 0 spiro atoms. The molecule has 0 aliphatic rings. The normalized spacial score (nSPS) is 10.8. The Bertz CT molecular complexity index is 607. The Morgan fingerprint density at radius 3 is 2.74 bits per heavy atom. The van der Waals surface area contributed by atoms with Gasteiger partial charge >= 0.3 is 0 Å². The topological polar surface area (TPSA) is 34.0 Å². The van der Waals surface area contributed by atoms with Crippen LogP contribution in [0.15, 0.2) is 41.0 Å². The molecule has 1 N–H and O–H groups in total. The second-order valence-electron chi connectivity index (χ2n) is 4.47. The zero-order chi connectivity index (χ0) is 14.0. The molecule has 0 fully saturated rings. The molecule has 2 rings (SSSR count). The average molecular weight is 325 g/mol. The number of amides is 1. The summed E-state index contributed by atoms with van der Waals surface area (Å²) in [6.07, 6.45) is 1.83. The van der Waals surface area contributed by atoms with Crippen molar-refractivity contribution < 1.29 is 9.18 Å². The second-order valence-corrected chi connectivity index (χ2v) is 5.39. The molecule has 1 aromatic carbocycles. The van der Waals surface area contributed by atoms with E-state index in [2.05, 4.69) is 21.2 Å². The molecule has 19 heavy (non-hydrogen) atoms. The fraction of sp³-hybridized carbons (Fsp3) is 0.214. The Balaban J connectivity index is 2.23. The summed E-state index contributed by atoms with van der Waals surface area (Å²) in [7, 11) is 0. The minimum Gasteiger partial charge on any atom is -0.341 e. The van der Waals surface area contributed by atoms with E-state index in [0.717, 1.165) is 0 Å². The average Bonchev–Trinajstić information content (AvgIpc) is 2.82. The lowest BCUT2D eigenvalue weighted by atomic mass is 10.3. The van der Waals surface area contributed by atoms with Crippen molar-refractivity contribution in [2.24, 2.45) is 0 Å². The van der Waals surface area contributed by atoms with E-state index >= 15 is 0 Å². The number of nitrogens with zero attached hydrogens (tertiary/aromatic N) is 1. The fourth-order valence-electron chi connectivity index (χ4n) is 1.81. The van der Waals surface area contributed by atoms with Crippen molar-refractivity contribution in [1.82, 2.24) is 4.57 Å². The Hall–Kier alpha value is -1.62. The summed E-state index contributed by atoms with van der Waals surface area (Å²) in [5, 5.41) is 2.58. The third kappa shape index (κ3) is 3.04. The fourth-order valence-corrected chi connectivity index (χ4v) is 2.15. The third-order valence-corrected chi connectivity index (χ3v) is 3.24. The van der Waals surface area contributed by atoms with Crippen LogP contribution < -0.4 is 5.32 Å². The number of aromatic nitrogens is 1. The van der Waals surface area contributed by atoms with E-state index in [4.69, 9.17) is 0 Å². The molecule has 100 valence electrons. The Kier molecular flexibility index (Phi) is 4.04. The Labute approximate surface area is 119 Å². The van der Waals surface area contributed by atoms with Crippen molar-refractivity contribution in [3.05, 3.63) is 52.5 Å². The molecule has 1 aromatic heterocycles. The third-order valence-electron chi connectivity index (χ3n) is 2.75. The molecule has 0 atom stereocenters. The molecule has 0 saturated carbocycles. The molecule has 0 radical (unpaired) electrons. The first-order chi connectivity index (χ1) is 8.99. The lowest BCUT2D eigenvalue weighted by Crippen LogP contribution is -2.18.